The van der Waals surface area contributed by atoms with E-state index in [9.17, 15) is 0 Å². The second-order valence-electron chi connectivity index (χ2n) is 4.87. The van der Waals surface area contributed by atoms with Gasteiger partial charge in [-0.1, -0.05) is 72.5 Å². The molecule has 0 saturated carbocycles. The van der Waals surface area contributed by atoms with E-state index >= 15 is 0 Å². The summed E-state index contributed by atoms with van der Waals surface area (Å²) in [5.74, 6) is 7.16. The molecule has 0 radical (unpaired) electrons. The van der Waals surface area contributed by atoms with Gasteiger partial charge in [-0.3, -0.25) is 0 Å². The van der Waals surface area contributed by atoms with E-state index < -0.39 is 0 Å². The van der Waals surface area contributed by atoms with Crippen molar-refractivity contribution >= 4 is 22.4 Å². The molecule has 0 unspecified atom stereocenters. The zero-order valence-electron chi connectivity index (χ0n) is 12.1. The molecule has 22 heavy (non-hydrogen) atoms. The molecule has 0 amide bonds. The van der Waals surface area contributed by atoms with Crippen molar-refractivity contribution in [3.8, 4) is 17.6 Å². The van der Waals surface area contributed by atoms with Gasteiger partial charge in [0.05, 0.1) is 11.4 Å². The van der Waals surface area contributed by atoms with Crippen molar-refractivity contribution in [1.82, 2.24) is 0 Å². The molecule has 0 fully saturated rings. The third kappa shape index (κ3) is 3.24. The van der Waals surface area contributed by atoms with E-state index in [1.54, 1.807) is 0 Å². The van der Waals surface area contributed by atoms with E-state index in [1.165, 1.54) is 0 Å². The van der Waals surface area contributed by atoms with E-state index in [-0.39, 0.29) is 0 Å². The molecule has 0 aliphatic carbocycles. The highest BCUT2D eigenvalue weighted by Gasteiger charge is 2.07. The van der Waals surface area contributed by atoms with Crippen LogP contribution < -0.4 is 4.74 Å². The molecule has 0 aliphatic rings. The van der Waals surface area contributed by atoms with Crippen molar-refractivity contribution in [2.24, 2.45) is 0 Å². The molecule has 0 saturated heterocycles. The lowest BCUT2D eigenvalue weighted by Gasteiger charge is -2.11. The first-order valence-electron chi connectivity index (χ1n) is 7.12. The highest BCUT2D eigenvalue weighted by molar-refractivity contribution is 6.19. The van der Waals surface area contributed by atoms with Crippen molar-refractivity contribution < 1.29 is 4.74 Å². The predicted octanol–water partition coefficient (Wildman–Crippen LogP) is 5.01. The van der Waals surface area contributed by atoms with Crippen molar-refractivity contribution in [1.29, 1.82) is 0 Å². The number of halogens is 1. The normalized spacial score (nSPS) is 10.0. The molecule has 0 bridgehead atoms. The van der Waals surface area contributed by atoms with Crippen LogP contribution in [0.25, 0.3) is 10.8 Å². The molecule has 3 rings (SSSR count). The Bertz CT molecular complexity index is 828. The summed E-state index contributed by atoms with van der Waals surface area (Å²) in [5.41, 5.74) is 2.03. The van der Waals surface area contributed by atoms with Crippen LogP contribution in [0.15, 0.2) is 66.7 Å². The zero-order valence-corrected chi connectivity index (χ0v) is 12.8. The molecular weight excluding hydrogens is 292 g/mol. The summed E-state index contributed by atoms with van der Waals surface area (Å²) in [6, 6.07) is 22.3. The van der Waals surface area contributed by atoms with E-state index in [2.05, 4.69) is 30.0 Å². The Morgan fingerprint density at radius 2 is 1.64 bits per heavy atom. The van der Waals surface area contributed by atoms with Gasteiger partial charge < -0.3 is 4.74 Å². The first kappa shape index (κ1) is 14.5. The molecule has 1 nitrogen and oxygen atoms in total. The quantitative estimate of drug-likeness (QED) is 0.488. The average molecular weight is 307 g/mol. The van der Waals surface area contributed by atoms with Gasteiger partial charge in [0.2, 0.25) is 0 Å². The molecule has 0 aromatic heterocycles. The van der Waals surface area contributed by atoms with Crippen LogP contribution >= 0.6 is 11.6 Å². The van der Waals surface area contributed by atoms with Crippen molar-refractivity contribution in [3.63, 3.8) is 0 Å². The van der Waals surface area contributed by atoms with Gasteiger partial charge in [0, 0.05) is 5.39 Å². The minimum atomic E-state index is 0.307. The highest BCUT2D eigenvalue weighted by atomic mass is 35.5. The number of benzene rings is 3. The summed E-state index contributed by atoms with van der Waals surface area (Å²) < 4.78 is 5.98. The fraction of sp³-hybridized carbons (Fsp3) is 0.100. The number of alkyl halides is 1. The van der Waals surface area contributed by atoms with Crippen molar-refractivity contribution in [2.75, 3.05) is 5.88 Å². The highest BCUT2D eigenvalue weighted by Crippen LogP contribution is 2.28. The van der Waals surface area contributed by atoms with Crippen LogP contribution in [0.2, 0.25) is 0 Å². The molecule has 3 aromatic rings. The topological polar surface area (TPSA) is 9.23 Å². The Labute approximate surface area is 135 Å². The van der Waals surface area contributed by atoms with Crippen LogP contribution in [-0.4, -0.2) is 5.88 Å². The van der Waals surface area contributed by atoms with Crippen LogP contribution in [0.4, 0.5) is 0 Å². The molecule has 0 N–H and O–H groups in total. The van der Waals surface area contributed by atoms with Gasteiger partial charge in [0.15, 0.2) is 0 Å². The van der Waals surface area contributed by atoms with Crippen molar-refractivity contribution in [2.45, 2.75) is 6.61 Å². The standard InChI is InChI=1S/C20H15ClO/c21-14-6-11-19-18-10-5-4-9-17(18)12-13-20(19)22-15-16-7-2-1-3-8-16/h1-5,7-10,12-13H,14-15H2. The maximum Gasteiger partial charge on any atom is 0.136 e. The van der Waals surface area contributed by atoms with Crippen LogP contribution in [0.5, 0.6) is 5.75 Å². The van der Waals surface area contributed by atoms with Gasteiger partial charge in [0.1, 0.15) is 12.4 Å². The van der Waals surface area contributed by atoms with Crippen LogP contribution in [0.1, 0.15) is 11.1 Å². The molecule has 0 spiro atoms. The maximum atomic E-state index is 5.98. The molecule has 0 aliphatic heterocycles. The lowest BCUT2D eigenvalue weighted by atomic mass is 10.0. The first-order valence-corrected chi connectivity index (χ1v) is 7.65. The number of ether oxygens (including phenoxy) is 1. The molecular formula is C20H15ClO. The summed E-state index contributed by atoms with van der Waals surface area (Å²) in [4.78, 5) is 0. The zero-order chi connectivity index (χ0) is 15.2. The summed E-state index contributed by atoms with van der Waals surface area (Å²) >= 11 is 5.71. The fourth-order valence-corrected chi connectivity index (χ4v) is 2.42. The number of rotatable bonds is 3. The summed E-state index contributed by atoms with van der Waals surface area (Å²) in [6.07, 6.45) is 0. The second kappa shape index (κ2) is 7.02. The molecule has 0 heterocycles. The van der Waals surface area contributed by atoms with Gasteiger partial charge in [-0.2, -0.15) is 0 Å². The number of hydrogen-bond donors (Lipinski definition) is 0. The SMILES string of the molecule is ClCC#Cc1c(OCc2ccccc2)ccc2ccccc12. The van der Waals surface area contributed by atoms with E-state index in [4.69, 9.17) is 16.3 Å². The van der Waals surface area contributed by atoms with Gasteiger partial charge in [-0.15, -0.1) is 11.6 Å². The number of fused-ring (bicyclic) bond motifs is 1. The first-order chi connectivity index (χ1) is 10.9. The van der Waals surface area contributed by atoms with Crippen LogP contribution in [-0.2, 0) is 6.61 Å². The van der Waals surface area contributed by atoms with Crippen molar-refractivity contribution in [3.05, 3.63) is 77.9 Å². The minimum absolute atomic E-state index is 0.307. The maximum absolute atomic E-state index is 5.98. The van der Waals surface area contributed by atoms with Gasteiger partial charge in [0.25, 0.3) is 0 Å². The summed E-state index contributed by atoms with van der Waals surface area (Å²) in [7, 11) is 0. The monoisotopic (exact) mass is 306 g/mol. The molecule has 108 valence electrons. The second-order valence-corrected chi connectivity index (χ2v) is 5.14. The third-order valence-electron chi connectivity index (χ3n) is 3.41. The Hall–Kier alpha value is -2.43. The summed E-state index contributed by atoms with van der Waals surface area (Å²) in [5, 5.41) is 2.24. The predicted molar refractivity (Wildman–Crippen MR) is 92.3 cm³/mol. The third-order valence-corrected chi connectivity index (χ3v) is 3.54. The summed E-state index contributed by atoms with van der Waals surface area (Å²) in [6.45, 7) is 0.523. The Morgan fingerprint density at radius 3 is 2.45 bits per heavy atom. The molecule has 2 heteroatoms. The molecule has 3 aromatic carbocycles. The van der Waals surface area contributed by atoms with Gasteiger partial charge in [-0.25, -0.2) is 0 Å². The number of hydrogen-bond acceptors (Lipinski definition) is 1. The lowest BCUT2D eigenvalue weighted by Crippen LogP contribution is -1.97. The van der Waals surface area contributed by atoms with Crippen LogP contribution in [0.3, 0.4) is 0 Å². The van der Waals surface area contributed by atoms with E-state index in [0.717, 1.165) is 27.6 Å². The van der Waals surface area contributed by atoms with Gasteiger partial charge >= 0.3 is 0 Å². The smallest absolute Gasteiger partial charge is 0.136 e. The van der Waals surface area contributed by atoms with Gasteiger partial charge in [-0.05, 0) is 17.0 Å². The lowest BCUT2D eigenvalue weighted by molar-refractivity contribution is 0.306. The van der Waals surface area contributed by atoms with E-state index in [1.807, 2.05) is 48.5 Å². The Morgan fingerprint density at radius 1 is 0.864 bits per heavy atom. The van der Waals surface area contributed by atoms with E-state index in [0.29, 0.717) is 12.5 Å². The average Bonchev–Trinajstić information content (AvgIpc) is 2.59. The molecule has 0 atom stereocenters. The van der Waals surface area contributed by atoms with Crippen LogP contribution in [0, 0.1) is 11.8 Å². The fourth-order valence-electron chi connectivity index (χ4n) is 2.36. The minimum Gasteiger partial charge on any atom is -0.488 e. The Kier molecular flexibility index (Phi) is 4.63. The largest absolute Gasteiger partial charge is 0.488 e. The Balaban J connectivity index is 1.97.